The summed E-state index contributed by atoms with van der Waals surface area (Å²) in [4.78, 5) is 11.2. The first-order chi connectivity index (χ1) is 10.3. The lowest BCUT2D eigenvalue weighted by molar-refractivity contribution is -0.122. The maximum absolute atomic E-state index is 12.8. The van der Waals surface area contributed by atoms with Crippen LogP contribution in [-0.2, 0) is 14.8 Å². The summed E-state index contributed by atoms with van der Waals surface area (Å²) in [6.07, 6.45) is 0.854. The zero-order valence-electron chi connectivity index (χ0n) is 12.5. The molecule has 1 amide bonds. The maximum Gasteiger partial charge on any atom is 0.246 e. The highest BCUT2D eigenvalue weighted by molar-refractivity contribution is 7.89. The Labute approximate surface area is 135 Å². The summed E-state index contributed by atoms with van der Waals surface area (Å²) in [6, 6.07) is 3.01. The molecule has 6 nitrogen and oxygen atoms in total. The van der Waals surface area contributed by atoms with Gasteiger partial charge in [-0.15, -0.1) is 0 Å². The zero-order chi connectivity index (χ0) is 16.5. The van der Waals surface area contributed by atoms with Crippen molar-refractivity contribution in [2.75, 3.05) is 20.2 Å². The van der Waals surface area contributed by atoms with E-state index < -0.39 is 10.0 Å². The van der Waals surface area contributed by atoms with Crippen LogP contribution in [-0.4, -0.2) is 38.8 Å². The largest absolute Gasteiger partial charge is 0.495 e. The Kier molecular flexibility index (Phi) is 4.99. The fraction of sp³-hybridized carbons (Fsp3) is 0.500. The summed E-state index contributed by atoms with van der Waals surface area (Å²) in [5, 5.41) is 0.367. The number of carbonyl (C=O) groups excluding carboxylic acids is 1. The predicted octanol–water partition coefficient (Wildman–Crippen LogP) is 1.54. The second-order valence-corrected chi connectivity index (χ2v) is 7.65. The van der Waals surface area contributed by atoms with Crippen LogP contribution in [0.4, 0.5) is 0 Å². The van der Waals surface area contributed by atoms with Gasteiger partial charge in [0.2, 0.25) is 15.9 Å². The smallest absolute Gasteiger partial charge is 0.246 e. The van der Waals surface area contributed by atoms with Gasteiger partial charge in [-0.05, 0) is 37.5 Å². The van der Waals surface area contributed by atoms with Gasteiger partial charge in [-0.2, -0.15) is 4.31 Å². The highest BCUT2D eigenvalue weighted by Crippen LogP contribution is 2.33. The van der Waals surface area contributed by atoms with Crippen molar-refractivity contribution in [3.05, 3.63) is 22.7 Å². The normalized spacial score (nSPS) is 17.4. The van der Waals surface area contributed by atoms with Gasteiger partial charge >= 0.3 is 0 Å². The molecule has 0 radical (unpaired) electrons. The van der Waals surface area contributed by atoms with Gasteiger partial charge in [0.15, 0.2) is 0 Å². The molecule has 1 aliphatic rings. The molecule has 0 aromatic heterocycles. The van der Waals surface area contributed by atoms with Gasteiger partial charge in [0.25, 0.3) is 0 Å². The van der Waals surface area contributed by atoms with Crippen molar-refractivity contribution in [2.24, 2.45) is 11.7 Å². The molecule has 122 valence electrons. The summed E-state index contributed by atoms with van der Waals surface area (Å²) < 4.78 is 32.1. The molecule has 0 bridgehead atoms. The molecule has 2 N–H and O–H groups in total. The van der Waals surface area contributed by atoms with Crippen LogP contribution >= 0.6 is 11.6 Å². The minimum Gasteiger partial charge on any atom is -0.495 e. The monoisotopic (exact) mass is 346 g/mol. The zero-order valence-corrected chi connectivity index (χ0v) is 14.1. The van der Waals surface area contributed by atoms with E-state index in [0.29, 0.717) is 17.9 Å². The minimum atomic E-state index is -3.72. The summed E-state index contributed by atoms with van der Waals surface area (Å²) in [5.41, 5.74) is 6.01. The number of sulfonamides is 1. The first kappa shape index (κ1) is 17.1. The number of piperidine rings is 1. The van der Waals surface area contributed by atoms with Crippen LogP contribution in [0.2, 0.25) is 5.02 Å². The topological polar surface area (TPSA) is 89.7 Å². The number of carbonyl (C=O) groups is 1. The number of hydrogen-bond donors (Lipinski definition) is 1. The molecule has 0 unspecified atom stereocenters. The molecule has 1 saturated heterocycles. The first-order valence-corrected chi connectivity index (χ1v) is 8.72. The van der Waals surface area contributed by atoms with E-state index in [9.17, 15) is 13.2 Å². The summed E-state index contributed by atoms with van der Waals surface area (Å²) in [7, 11) is -2.30. The van der Waals surface area contributed by atoms with Crippen LogP contribution < -0.4 is 10.5 Å². The number of methoxy groups -OCH3 is 1. The summed E-state index contributed by atoms with van der Waals surface area (Å²) >= 11 is 6.05. The number of halogens is 1. The molecule has 1 aromatic carbocycles. The second-order valence-electron chi connectivity index (χ2n) is 5.33. The molecular weight excluding hydrogens is 328 g/mol. The Bertz CT molecular complexity index is 682. The number of amides is 1. The van der Waals surface area contributed by atoms with Crippen LogP contribution in [0, 0.1) is 12.8 Å². The average Bonchev–Trinajstić information content (AvgIpc) is 2.49. The minimum absolute atomic E-state index is 0.0446. The van der Waals surface area contributed by atoms with Gasteiger partial charge in [-0.1, -0.05) is 11.6 Å². The summed E-state index contributed by atoms with van der Waals surface area (Å²) in [6.45, 7) is 2.29. The molecule has 0 aliphatic carbocycles. The number of primary amides is 1. The third-order valence-corrected chi connectivity index (χ3v) is 6.25. The van der Waals surface area contributed by atoms with E-state index in [-0.39, 0.29) is 35.6 Å². The molecule has 1 aromatic rings. The molecule has 0 atom stereocenters. The lowest BCUT2D eigenvalue weighted by Gasteiger charge is -2.30. The van der Waals surface area contributed by atoms with Crippen LogP contribution in [0.3, 0.4) is 0 Å². The molecule has 8 heteroatoms. The number of ether oxygens (including phenoxy) is 1. The van der Waals surface area contributed by atoms with E-state index in [0.717, 1.165) is 5.56 Å². The number of nitrogens with two attached hydrogens (primary N) is 1. The highest BCUT2D eigenvalue weighted by Gasteiger charge is 2.33. The Morgan fingerprint density at radius 1 is 1.36 bits per heavy atom. The lowest BCUT2D eigenvalue weighted by atomic mass is 9.98. The Hall–Kier alpha value is -1.31. The van der Waals surface area contributed by atoms with E-state index in [1.54, 1.807) is 13.0 Å². The number of hydrogen-bond acceptors (Lipinski definition) is 4. The number of rotatable bonds is 4. The third kappa shape index (κ3) is 3.21. The summed E-state index contributed by atoms with van der Waals surface area (Å²) in [5.74, 6) is -0.387. The second kappa shape index (κ2) is 6.44. The molecule has 1 heterocycles. The first-order valence-electron chi connectivity index (χ1n) is 6.91. The maximum atomic E-state index is 12.8. The quantitative estimate of drug-likeness (QED) is 0.895. The van der Waals surface area contributed by atoms with Gasteiger partial charge in [0.05, 0.1) is 7.11 Å². The molecule has 1 aliphatic heterocycles. The van der Waals surface area contributed by atoms with Crippen molar-refractivity contribution >= 4 is 27.5 Å². The van der Waals surface area contributed by atoms with E-state index in [1.165, 1.54) is 17.5 Å². The van der Waals surface area contributed by atoms with E-state index in [2.05, 4.69) is 0 Å². The van der Waals surface area contributed by atoms with Crippen molar-refractivity contribution in [3.8, 4) is 5.75 Å². The molecule has 1 fully saturated rings. The van der Waals surface area contributed by atoms with Gasteiger partial charge in [-0.25, -0.2) is 8.42 Å². The van der Waals surface area contributed by atoms with Gasteiger partial charge in [-0.3, -0.25) is 4.79 Å². The highest BCUT2D eigenvalue weighted by atomic mass is 35.5. The van der Waals surface area contributed by atoms with Crippen LogP contribution in [0.5, 0.6) is 5.75 Å². The standard InChI is InChI=1S/C14H19ClN2O4S/c1-9-7-12(21-2)13(8-11(9)15)22(19,20)17-5-3-10(4-6-17)14(16)18/h7-8,10H,3-6H2,1-2H3,(H2,16,18). The van der Waals surface area contributed by atoms with Crippen molar-refractivity contribution in [1.82, 2.24) is 4.31 Å². The van der Waals surface area contributed by atoms with Crippen molar-refractivity contribution in [3.63, 3.8) is 0 Å². The SMILES string of the molecule is COc1cc(C)c(Cl)cc1S(=O)(=O)N1CCC(C(N)=O)CC1. The molecule has 0 spiro atoms. The van der Waals surface area contributed by atoms with Gasteiger partial charge < -0.3 is 10.5 Å². The van der Waals surface area contributed by atoms with Crippen molar-refractivity contribution < 1.29 is 17.9 Å². The van der Waals surface area contributed by atoms with Crippen molar-refractivity contribution in [1.29, 1.82) is 0 Å². The third-order valence-electron chi connectivity index (χ3n) is 3.92. The van der Waals surface area contributed by atoms with E-state index >= 15 is 0 Å². The van der Waals surface area contributed by atoms with Gasteiger partial charge in [0.1, 0.15) is 10.6 Å². The van der Waals surface area contributed by atoms with E-state index in [1.807, 2.05) is 0 Å². The fourth-order valence-corrected chi connectivity index (χ4v) is 4.38. The molecular formula is C14H19ClN2O4S. The molecule has 0 saturated carbocycles. The van der Waals surface area contributed by atoms with Crippen LogP contribution in [0.15, 0.2) is 17.0 Å². The Balaban J connectivity index is 2.32. The van der Waals surface area contributed by atoms with Crippen molar-refractivity contribution in [2.45, 2.75) is 24.7 Å². The van der Waals surface area contributed by atoms with Crippen LogP contribution in [0.25, 0.3) is 0 Å². The van der Waals surface area contributed by atoms with Gasteiger partial charge in [0, 0.05) is 24.0 Å². The fourth-order valence-electron chi connectivity index (χ4n) is 2.52. The number of aryl methyl sites for hydroxylation is 1. The number of benzene rings is 1. The predicted molar refractivity (Wildman–Crippen MR) is 83.4 cm³/mol. The number of nitrogens with zero attached hydrogens (tertiary/aromatic N) is 1. The molecule has 2 rings (SSSR count). The molecule has 22 heavy (non-hydrogen) atoms. The Morgan fingerprint density at radius 3 is 2.45 bits per heavy atom. The van der Waals surface area contributed by atoms with E-state index in [4.69, 9.17) is 22.1 Å². The lowest BCUT2D eigenvalue weighted by Crippen LogP contribution is -2.41. The Morgan fingerprint density at radius 2 is 1.95 bits per heavy atom. The average molecular weight is 347 g/mol. The van der Waals surface area contributed by atoms with Crippen LogP contribution in [0.1, 0.15) is 18.4 Å².